The summed E-state index contributed by atoms with van der Waals surface area (Å²) < 4.78 is 10.9. The predicted molar refractivity (Wildman–Crippen MR) is 204 cm³/mol. The van der Waals surface area contributed by atoms with Crippen LogP contribution in [0.1, 0.15) is 69.0 Å². The molecule has 5 nitrogen and oxygen atoms in total. The third kappa shape index (κ3) is 6.76. The molecule has 0 saturated carbocycles. The molecule has 0 bridgehead atoms. The van der Waals surface area contributed by atoms with Crippen LogP contribution in [0.3, 0.4) is 0 Å². The van der Waals surface area contributed by atoms with Gasteiger partial charge in [-0.05, 0) is 111 Å². The average Bonchev–Trinajstić information content (AvgIpc) is 3.60. The summed E-state index contributed by atoms with van der Waals surface area (Å²) in [5.74, 6) is 3.14. The van der Waals surface area contributed by atoms with Crippen molar-refractivity contribution in [1.29, 1.82) is 0 Å². The summed E-state index contributed by atoms with van der Waals surface area (Å²) in [4.78, 5) is 4.90. The molecular formula is C44H46N4O. The standard InChI is InChI=1S/C44H46N4O/c1-6-7-9-13-33-20-23-41-40(26-33)39-22-21-38(29-42(39)47(41)43-27-34(24-25-45-43)19-18-30(2)3)49-37-17-12-16-36(28-37)48-32(5)44(31(4)46-48)35-14-10-8-11-15-35/h8,10-12,14-17,20-30H,6-7,9,13,18-19H2,1-5H3. The molecule has 0 aliphatic rings. The maximum Gasteiger partial charge on any atom is 0.137 e. The third-order valence-corrected chi connectivity index (χ3v) is 9.57. The molecule has 0 saturated heterocycles. The summed E-state index contributed by atoms with van der Waals surface area (Å²) >= 11 is 0. The minimum atomic E-state index is 0.654. The van der Waals surface area contributed by atoms with Crippen LogP contribution in [0.2, 0.25) is 0 Å². The van der Waals surface area contributed by atoms with E-state index in [-0.39, 0.29) is 0 Å². The van der Waals surface area contributed by atoms with Gasteiger partial charge in [0, 0.05) is 40.4 Å². The number of unbranched alkanes of at least 4 members (excludes halogenated alkanes) is 2. The molecule has 0 atom stereocenters. The summed E-state index contributed by atoms with van der Waals surface area (Å²) in [5.41, 5.74) is 10.4. The highest BCUT2D eigenvalue weighted by Gasteiger charge is 2.17. The van der Waals surface area contributed by atoms with E-state index in [0.717, 1.165) is 59.2 Å². The molecule has 3 heterocycles. The molecule has 248 valence electrons. The number of aryl methyl sites for hydroxylation is 3. The fraction of sp³-hybridized carbons (Fsp3) is 0.273. The minimum Gasteiger partial charge on any atom is -0.457 e. The van der Waals surface area contributed by atoms with Crippen LogP contribution in [0.25, 0.3) is 44.4 Å². The van der Waals surface area contributed by atoms with Gasteiger partial charge in [-0.25, -0.2) is 9.67 Å². The molecule has 5 heteroatoms. The summed E-state index contributed by atoms with van der Waals surface area (Å²) in [7, 11) is 0. The molecule has 4 aromatic carbocycles. The van der Waals surface area contributed by atoms with Gasteiger partial charge in [-0.2, -0.15) is 5.10 Å². The lowest BCUT2D eigenvalue weighted by Crippen LogP contribution is -2.00. The van der Waals surface area contributed by atoms with E-state index >= 15 is 0 Å². The van der Waals surface area contributed by atoms with Gasteiger partial charge in [0.1, 0.15) is 17.3 Å². The van der Waals surface area contributed by atoms with Crippen molar-refractivity contribution in [1.82, 2.24) is 19.3 Å². The van der Waals surface area contributed by atoms with E-state index in [9.17, 15) is 0 Å². The van der Waals surface area contributed by atoms with E-state index in [1.165, 1.54) is 57.8 Å². The molecule has 0 amide bonds. The summed E-state index contributed by atoms with van der Waals surface area (Å²) in [5, 5.41) is 7.39. The Balaban J connectivity index is 1.27. The van der Waals surface area contributed by atoms with Crippen molar-refractivity contribution in [3.8, 4) is 34.1 Å². The third-order valence-electron chi connectivity index (χ3n) is 9.57. The number of aromatic nitrogens is 4. The van der Waals surface area contributed by atoms with Crippen molar-refractivity contribution in [2.24, 2.45) is 5.92 Å². The lowest BCUT2D eigenvalue weighted by Gasteiger charge is -2.12. The lowest BCUT2D eigenvalue weighted by atomic mass is 10.0. The van der Waals surface area contributed by atoms with Gasteiger partial charge in [0.2, 0.25) is 0 Å². The van der Waals surface area contributed by atoms with Crippen LogP contribution in [-0.2, 0) is 12.8 Å². The molecule has 0 aliphatic heterocycles. The minimum absolute atomic E-state index is 0.654. The van der Waals surface area contributed by atoms with Gasteiger partial charge in [0.25, 0.3) is 0 Å². The molecule has 0 aliphatic carbocycles. The molecule has 0 fully saturated rings. The zero-order valence-corrected chi connectivity index (χ0v) is 29.4. The molecule has 0 unspecified atom stereocenters. The first kappa shape index (κ1) is 32.4. The largest absolute Gasteiger partial charge is 0.457 e. The van der Waals surface area contributed by atoms with Crippen LogP contribution in [0.15, 0.2) is 109 Å². The first-order valence-corrected chi connectivity index (χ1v) is 17.8. The number of pyridine rings is 1. The average molecular weight is 647 g/mol. The highest BCUT2D eigenvalue weighted by Crippen LogP contribution is 2.37. The van der Waals surface area contributed by atoms with Crippen LogP contribution >= 0.6 is 0 Å². The lowest BCUT2D eigenvalue weighted by molar-refractivity contribution is 0.482. The number of hydrogen-bond donors (Lipinski definition) is 0. The normalized spacial score (nSPS) is 11.6. The second-order valence-electron chi connectivity index (χ2n) is 13.7. The Morgan fingerprint density at radius 2 is 1.53 bits per heavy atom. The van der Waals surface area contributed by atoms with E-state index < -0.39 is 0 Å². The Hall–Kier alpha value is -5.16. The summed E-state index contributed by atoms with van der Waals surface area (Å²) in [6.45, 7) is 11.0. The van der Waals surface area contributed by atoms with Gasteiger partial charge in [0.05, 0.1) is 22.4 Å². The summed E-state index contributed by atoms with van der Waals surface area (Å²) in [6, 6.07) is 36.5. The number of hydrogen-bond acceptors (Lipinski definition) is 3. The van der Waals surface area contributed by atoms with Crippen molar-refractivity contribution in [3.05, 3.63) is 132 Å². The van der Waals surface area contributed by atoms with Crippen molar-refractivity contribution in [3.63, 3.8) is 0 Å². The smallest absolute Gasteiger partial charge is 0.137 e. The fourth-order valence-electron chi connectivity index (χ4n) is 7.02. The number of fused-ring (bicyclic) bond motifs is 3. The fourth-order valence-corrected chi connectivity index (χ4v) is 7.02. The van der Waals surface area contributed by atoms with Crippen molar-refractivity contribution in [2.75, 3.05) is 0 Å². The van der Waals surface area contributed by atoms with Crippen LogP contribution in [0.5, 0.6) is 11.5 Å². The van der Waals surface area contributed by atoms with Crippen LogP contribution < -0.4 is 4.74 Å². The molecule has 0 spiro atoms. The van der Waals surface area contributed by atoms with Crippen LogP contribution in [0.4, 0.5) is 0 Å². The highest BCUT2D eigenvalue weighted by atomic mass is 16.5. The molecule has 0 radical (unpaired) electrons. The van der Waals surface area contributed by atoms with Crippen molar-refractivity contribution >= 4 is 21.8 Å². The Morgan fingerprint density at radius 3 is 2.35 bits per heavy atom. The van der Waals surface area contributed by atoms with E-state index in [2.05, 4.69) is 124 Å². The second kappa shape index (κ2) is 14.1. The quantitative estimate of drug-likeness (QED) is 0.124. The van der Waals surface area contributed by atoms with Gasteiger partial charge >= 0.3 is 0 Å². The maximum absolute atomic E-state index is 6.60. The van der Waals surface area contributed by atoms with E-state index in [1.54, 1.807) is 0 Å². The molecule has 49 heavy (non-hydrogen) atoms. The van der Waals surface area contributed by atoms with E-state index in [1.807, 2.05) is 29.1 Å². The van der Waals surface area contributed by atoms with Gasteiger partial charge in [0.15, 0.2) is 0 Å². The van der Waals surface area contributed by atoms with E-state index in [4.69, 9.17) is 14.8 Å². The maximum atomic E-state index is 6.60. The topological polar surface area (TPSA) is 44.9 Å². The first-order chi connectivity index (χ1) is 23.9. The predicted octanol–water partition coefficient (Wildman–Crippen LogP) is 11.8. The molecular weight excluding hydrogens is 601 g/mol. The van der Waals surface area contributed by atoms with Crippen LogP contribution in [0, 0.1) is 19.8 Å². The SMILES string of the molecule is CCCCCc1ccc2c(c1)c1ccc(Oc3cccc(-n4nc(C)c(-c5ccccc5)c4C)c3)cc1n2-c1cc(CCC(C)C)ccn1. The second-order valence-corrected chi connectivity index (χ2v) is 13.7. The van der Waals surface area contributed by atoms with Crippen molar-refractivity contribution in [2.45, 2.75) is 73.1 Å². The van der Waals surface area contributed by atoms with Gasteiger partial charge < -0.3 is 4.74 Å². The van der Waals surface area contributed by atoms with E-state index in [0.29, 0.717) is 5.92 Å². The van der Waals surface area contributed by atoms with Gasteiger partial charge in [-0.3, -0.25) is 4.57 Å². The molecule has 0 N–H and O–H groups in total. The highest BCUT2D eigenvalue weighted by molar-refractivity contribution is 6.09. The number of ether oxygens (including phenoxy) is 1. The zero-order chi connectivity index (χ0) is 33.9. The molecule has 7 rings (SSSR count). The molecule has 7 aromatic rings. The number of benzene rings is 4. The first-order valence-electron chi connectivity index (χ1n) is 17.8. The zero-order valence-electron chi connectivity index (χ0n) is 29.4. The monoisotopic (exact) mass is 646 g/mol. The number of rotatable bonds is 12. The number of nitrogens with zero attached hydrogens (tertiary/aromatic N) is 4. The van der Waals surface area contributed by atoms with Gasteiger partial charge in [-0.15, -0.1) is 0 Å². The Morgan fingerprint density at radius 1 is 0.714 bits per heavy atom. The Labute approximate surface area is 290 Å². The van der Waals surface area contributed by atoms with Gasteiger partial charge in [-0.1, -0.05) is 76.1 Å². The summed E-state index contributed by atoms with van der Waals surface area (Å²) in [6.07, 6.45) is 8.93. The molecule has 3 aromatic heterocycles. The van der Waals surface area contributed by atoms with Crippen LogP contribution in [-0.4, -0.2) is 19.3 Å². The Kier molecular flexibility index (Phi) is 9.34. The Bertz CT molecular complexity index is 2220. The van der Waals surface area contributed by atoms with Crippen molar-refractivity contribution < 1.29 is 4.74 Å².